The van der Waals surface area contributed by atoms with Gasteiger partial charge >= 0.3 is 7.82 Å². The SMILES string of the molecule is C[C@H](CC(=O)[C@H](C)NC(=O)CBr)C(=O)Nc1cccc(Cc2ccc([C@@H]3O[C@@H]4C[C@H]5[C@@H]6CCC7=CC(=O)C=C[C@]7(C)[C@H]6[C@@H](O)C[C@]5(C)[C@]4(C(=O)COP(=O)(O)O)O3)cc2)c1. The number of hydrogen-bond acceptors (Lipinski definition) is 10. The first-order chi connectivity index (χ1) is 28.3. The molecule has 4 fully saturated rings. The number of allylic oxidation sites excluding steroid dienone is 4. The molecule has 4 aliphatic carbocycles. The van der Waals surface area contributed by atoms with Gasteiger partial charge in [0.1, 0.15) is 6.61 Å². The first kappa shape index (κ1) is 44.4. The summed E-state index contributed by atoms with van der Waals surface area (Å²) in [5.41, 5.74) is 0.856. The van der Waals surface area contributed by atoms with Crippen LogP contribution in [0.5, 0.6) is 0 Å². The average Bonchev–Trinajstić information content (AvgIpc) is 3.70. The molecule has 16 heteroatoms. The van der Waals surface area contributed by atoms with Crippen LogP contribution in [0.4, 0.5) is 5.69 Å². The van der Waals surface area contributed by atoms with E-state index in [1.165, 1.54) is 0 Å². The predicted octanol–water partition coefficient (Wildman–Crippen LogP) is 5.43. The highest BCUT2D eigenvalue weighted by molar-refractivity contribution is 9.09. The molecule has 0 bridgehead atoms. The molecule has 2 amide bonds. The Hall–Kier alpha value is -3.66. The Morgan fingerprint density at radius 2 is 1.80 bits per heavy atom. The van der Waals surface area contributed by atoms with Gasteiger partial charge in [0.05, 0.1) is 23.6 Å². The zero-order chi connectivity index (χ0) is 43.4. The van der Waals surface area contributed by atoms with Crippen LogP contribution in [0, 0.1) is 34.5 Å². The molecule has 0 spiro atoms. The number of Topliss-reactive ketones (excluding diaryl/α,β-unsaturated/α-hetero) is 2. The minimum Gasteiger partial charge on any atom is -0.393 e. The quantitative estimate of drug-likeness (QED) is 0.119. The maximum Gasteiger partial charge on any atom is 0.470 e. The van der Waals surface area contributed by atoms with Crippen molar-refractivity contribution >= 4 is 58.6 Å². The number of carbonyl (C=O) groups is 5. The number of aliphatic hydroxyl groups excluding tert-OH is 1. The molecule has 0 aromatic heterocycles. The molecule has 3 saturated carbocycles. The van der Waals surface area contributed by atoms with Crippen LogP contribution in [0.15, 0.2) is 72.3 Å². The Bertz CT molecular complexity index is 2170. The number of aliphatic hydroxyl groups is 1. The number of benzene rings is 2. The summed E-state index contributed by atoms with van der Waals surface area (Å²) in [4.78, 5) is 83.0. The Kier molecular flexibility index (Phi) is 12.5. The molecule has 2 aromatic rings. The molecule has 14 nitrogen and oxygen atoms in total. The van der Waals surface area contributed by atoms with E-state index in [0.717, 1.165) is 16.7 Å². The van der Waals surface area contributed by atoms with Gasteiger partial charge in [-0.25, -0.2) is 4.57 Å². The lowest BCUT2D eigenvalue weighted by molar-refractivity contribution is -0.200. The van der Waals surface area contributed by atoms with Gasteiger partial charge in [-0.2, -0.15) is 0 Å². The van der Waals surface area contributed by atoms with Crippen molar-refractivity contribution in [1.29, 1.82) is 0 Å². The summed E-state index contributed by atoms with van der Waals surface area (Å²) in [6.07, 6.45) is 4.94. The third kappa shape index (κ3) is 8.32. The van der Waals surface area contributed by atoms with Gasteiger partial charge in [-0.05, 0) is 86.3 Å². The van der Waals surface area contributed by atoms with E-state index in [-0.39, 0.29) is 59.3 Å². The Balaban J connectivity index is 1.06. The van der Waals surface area contributed by atoms with E-state index >= 15 is 0 Å². The molecule has 1 saturated heterocycles. The normalized spacial score (nSPS) is 32.7. The number of anilines is 1. The summed E-state index contributed by atoms with van der Waals surface area (Å²) in [5.74, 6) is -2.64. The zero-order valence-corrected chi connectivity index (χ0v) is 36.4. The zero-order valence-electron chi connectivity index (χ0n) is 34.0. The fourth-order valence-electron chi connectivity index (χ4n) is 11.0. The molecule has 5 N–H and O–H groups in total. The summed E-state index contributed by atoms with van der Waals surface area (Å²) in [6.45, 7) is 6.32. The van der Waals surface area contributed by atoms with Gasteiger partial charge in [-0.1, -0.05) is 84.7 Å². The number of phosphoric acid groups is 1. The van der Waals surface area contributed by atoms with Gasteiger partial charge in [-0.15, -0.1) is 0 Å². The van der Waals surface area contributed by atoms with E-state index in [4.69, 9.17) is 14.0 Å². The van der Waals surface area contributed by atoms with E-state index in [1.54, 1.807) is 32.1 Å². The summed E-state index contributed by atoms with van der Waals surface area (Å²) in [7, 11) is -5.01. The number of rotatable bonds is 14. The minimum absolute atomic E-state index is 0.0318. The fourth-order valence-corrected chi connectivity index (χ4v) is 11.4. The second-order valence-electron chi connectivity index (χ2n) is 17.5. The number of carbonyl (C=O) groups excluding carboxylic acids is 5. The molecule has 60 heavy (non-hydrogen) atoms. The largest absolute Gasteiger partial charge is 0.470 e. The van der Waals surface area contributed by atoms with Gasteiger partial charge in [0, 0.05) is 40.3 Å². The smallest absolute Gasteiger partial charge is 0.393 e. The Morgan fingerprint density at radius 1 is 1.07 bits per heavy atom. The van der Waals surface area contributed by atoms with E-state index in [1.807, 2.05) is 55.5 Å². The number of alkyl halides is 1. The maximum absolute atomic E-state index is 14.4. The van der Waals surface area contributed by atoms with Crippen LogP contribution in [-0.2, 0) is 49.0 Å². The van der Waals surface area contributed by atoms with E-state index in [9.17, 15) is 43.4 Å². The van der Waals surface area contributed by atoms with Crippen molar-refractivity contribution in [3.05, 3.63) is 89.0 Å². The predicted molar refractivity (Wildman–Crippen MR) is 222 cm³/mol. The van der Waals surface area contributed by atoms with Gasteiger partial charge in [0.2, 0.25) is 11.8 Å². The number of ketones is 3. The summed E-state index contributed by atoms with van der Waals surface area (Å²) in [5, 5.41) is 17.6. The van der Waals surface area contributed by atoms with Crippen LogP contribution in [-0.4, -0.2) is 79.8 Å². The number of amides is 2. The average molecular weight is 912 g/mol. The van der Waals surface area contributed by atoms with Crippen LogP contribution >= 0.6 is 23.8 Å². The van der Waals surface area contributed by atoms with E-state index in [2.05, 4.69) is 33.5 Å². The van der Waals surface area contributed by atoms with Crippen molar-refractivity contribution in [2.75, 3.05) is 17.3 Å². The highest BCUT2D eigenvalue weighted by Crippen LogP contribution is 2.70. The molecule has 5 aliphatic rings. The number of ether oxygens (including phenoxy) is 2. The summed E-state index contributed by atoms with van der Waals surface area (Å²) < 4.78 is 29.9. The molecule has 0 unspecified atom stereocenters. The molecule has 1 heterocycles. The topological polar surface area (TPSA) is 215 Å². The van der Waals surface area contributed by atoms with Crippen LogP contribution in [0.2, 0.25) is 0 Å². The first-order valence-electron chi connectivity index (χ1n) is 20.3. The van der Waals surface area contributed by atoms with Crippen molar-refractivity contribution in [3.8, 4) is 0 Å². The van der Waals surface area contributed by atoms with Crippen molar-refractivity contribution in [2.45, 2.75) is 96.4 Å². The number of phosphoric ester groups is 1. The Morgan fingerprint density at radius 3 is 2.50 bits per heavy atom. The number of hydrogen-bond donors (Lipinski definition) is 5. The molecule has 1 aliphatic heterocycles. The van der Waals surface area contributed by atoms with Gasteiger partial charge in [0.15, 0.2) is 29.2 Å². The second kappa shape index (κ2) is 16.9. The molecule has 322 valence electrons. The number of halogens is 1. The minimum atomic E-state index is -5.01. The molecule has 11 atom stereocenters. The van der Waals surface area contributed by atoms with Gasteiger partial charge in [-0.3, -0.25) is 28.5 Å². The van der Waals surface area contributed by atoms with Crippen LogP contribution in [0.3, 0.4) is 0 Å². The van der Waals surface area contributed by atoms with Crippen molar-refractivity contribution in [2.24, 2.45) is 34.5 Å². The first-order valence-corrected chi connectivity index (χ1v) is 23.0. The molecule has 7 rings (SSSR count). The van der Waals surface area contributed by atoms with Crippen molar-refractivity contribution in [1.82, 2.24) is 5.32 Å². The highest BCUT2D eigenvalue weighted by Gasteiger charge is 2.76. The van der Waals surface area contributed by atoms with Gasteiger partial charge in [0.25, 0.3) is 0 Å². The summed E-state index contributed by atoms with van der Waals surface area (Å²) in [6, 6.07) is 14.2. The second-order valence-corrected chi connectivity index (χ2v) is 19.3. The van der Waals surface area contributed by atoms with Crippen LogP contribution in [0.1, 0.15) is 82.8 Å². The molecular weight excluding hydrogens is 859 g/mol. The lowest BCUT2D eigenvalue weighted by Crippen LogP contribution is -2.63. The lowest BCUT2D eigenvalue weighted by atomic mass is 9.46. The van der Waals surface area contributed by atoms with E-state index < -0.39 is 67.1 Å². The lowest BCUT2D eigenvalue weighted by Gasteiger charge is -2.59. The third-order valence-corrected chi connectivity index (χ3v) is 14.8. The van der Waals surface area contributed by atoms with Gasteiger partial charge < -0.3 is 35.0 Å². The third-order valence-electron chi connectivity index (χ3n) is 13.8. The Labute approximate surface area is 357 Å². The fraction of sp³-hybridized carbons (Fsp3) is 0.523. The highest BCUT2D eigenvalue weighted by atomic mass is 79.9. The monoisotopic (exact) mass is 910 g/mol. The standard InChI is InChI=1S/C44H52BrN2O12P/c1-24(16-34(49)25(2)46-38(52)22-45)40(53)47-30-7-5-6-27(18-30)17-26-8-10-28(11-9-26)41-58-37-20-33-32-13-12-29-19-31(48)14-15-42(29,3)39(32)35(50)21-43(33,4)44(37,59-41)36(51)23-57-60(54,55)56/h5-11,14-15,18-19,24-25,32-33,35,37,39,41,50H,12-13,16-17,20-23H2,1-4H3,(H,46,52)(H,47,53)(H2,54,55,56)/t24-,25+,32+,33+,35+,37-,39-,41-,42+,43+,44-/m1/s1. The summed E-state index contributed by atoms with van der Waals surface area (Å²) >= 11 is 3.06. The van der Waals surface area contributed by atoms with Crippen LogP contribution < -0.4 is 10.6 Å². The molecule has 2 aromatic carbocycles. The van der Waals surface area contributed by atoms with Crippen molar-refractivity contribution in [3.63, 3.8) is 0 Å². The maximum atomic E-state index is 14.4. The van der Waals surface area contributed by atoms with Crippen molar-refractivity contribution < 1.29 is 57.4 Å². The molecular formula is C44H52BrN2O12P. The molecule has 0 radical (unpaired) electrons. The van der Waals surface area contributed by atoms with Crippen LogP contribution in [0.25, 0.3) is 0 Å². The number of nitrogens with one attached hydrogen (secondary N) is 2. The number of fused-ring (bicyclic) bond motifs is 7. The van der Waals surface area contributed by atoms with E-state index in [0.29, 0.717) is 36.9 Å².